The number of hydrogen-bond donors (Lipinski definition) is 4. The minimum Gasteiger partial charge on any atom is -0.394 e. The highest BCUT2D eigenvalue weighted by atomic mass is 16.7. The molecule has 0 spiro atoms. The van der Waals surface area contributed by atoms with Gasteiger partial charge in [0.05, 0.1) is 50.7 Å². The fourth-order valence-corrected chi connectivity index (χ4v) is 4.77. The molecule has 0 amide bonds. The van der Waals surface area contributed by atoms with Gasteiger partial charge in [-0.1, -0.05) is 70.9 Å². The molecule has 4 N–H and O–H groups in total. The maximum atomic E-state index is 10.2. The first-order valence-electron chi connectivity index (χ1n) is 13.8. The Hall–Kier alpha value is -3.34. The number of benzene rings is 2. The van der Waals surface area contributed by atoms with E-state index in [2.05, 4.69) is 20.1 Å². The lowest BCUT2D eigenvalue weighted by Crippen LogP contribution is -2.59. The van der Waals surface area contributed by atoms with E-state index in [4.69, 9.17) is 39.5 Å². The van der Waals surface area contributed by atoms with Crippen LogP contribution in [0.4, 0.5) is 0 Å². The zero-order valence-electron chi connectivity index (χ0n) is 24.3. The number of hydrogen-bond acceptors (Lipinski definition) is 12. The second-order valence-corrected chi connectivity index (χ2v) is 9.82. The summed E-state index contributed by atoms with van der Waals surface area (Å²) in [5.74, 6) is 0. The van der Waals surface area contributed by atoms with E-state index in [1.165, 1.54) is 14.2 Å². The van der Waals surface area contributed by atoms with Crippen LogP contribution < -0.4 is 0 Å². The van der Waals surface area contributed by atoms with E-state index in [0.29, 0.717) is 0 Å². The van der Waals surface area contributed by atoms with Crippen LogP contribution in [-0.4, -0.2) is 109 Å². The third-order valence-corrected chi connectivity index (χ3v) is 7.05. The molecule has 4 rings (SSSR count). The van der Waals surface area contributed by atoms with Crippen molar-refractivity contribution in [2.45, 2.75) is 74.5 Å². The normalized spacial score (nSPS) is 31.5. The van der Waals surface area contributed by atoms with Crippen LogP contribution >= 0.6 is 0 Å². The van der Waals surface area contributed by atoms with Gasteiger partial charge in [0.1, 0.15) is 24.4 Å². The molecule has 2 heterocycles. The van der Waals surface area contributed by atoms with Crippen molar-refractivity contribution in [2.24, 2.45) is 10.2 Å². The maximum absolute atomic E-state index is 10.2. The molecule has 16 heteroatoms. The summed E-state index contributed by atoms with van der Waals surface area (Å²) in [4.78, 5) is 5.49. The Morgan fingerprint density at radius 3 is 1.34 bits per heavy atom. The number of aliphatic hydroxyl groups excluding tert-OH is 4. The van der Waals surface area contributed by atoms with Gasteiger partial charge in [-0.15, -0.1) is 0 Å². The molecule has 2 fully saturated rings. The molecule has 44 heavy (non-hydrogen) atoms. The Morgan fingerprint density at radius 1 is 0.682 bits per heavy atom. The molecule has 240 valence electrons. The van der Waals surface area contributed by atoms with Crippen molar-refractivity contribution >= 4 is 0 Å². The molecule has 0 radical (unpaired) electrons. The topological polar surface area (TPSA) is 234 Å². The van der Waals surface area contributed by atoms with Crippen LogP contribution in [0.1, 0.15) is 11.1 Å². The molecule has 2 aromatic rings. The Bertz CT molecular complexity index is 1110. The van der Waals surface area contributed by atoms with E-state index in [9.17, 15) is 20.4 Å². The number of methoxy groups -OCH3 is 2. The summed E-state index contributed by atoms with van der Waals surface area (Å²) in [5.41, 5.74) is 19.3. The molecule has 2 aliphatic rings. The molecule has 2 aromatic carbocycles. The predicted molar refractivity (Wildman–Crippen MR) is 153 cm³/mol. The van der Waals surface area contributed by atoms with Crippen LogP contribution in [0.5, 0.6) is 0 Å². The largest absolute Gasteiger partial charge is 0.394 e. The van der Waals surface area contributed by atoms with Crippen molar-refractivity contribution in [1.82, 2.24) is 0 Å². The van der Waals surface area contributed by atoms with Gasteiger partial charge in [-0.05, 0) is 22.2 Å². The van der Waals surface area contributed by atoms with Crippen molar-refractivity contribution in [2.75, 3.05) is 27.4 Å². The maximum Gasteiger partial charge on any atom is 0.184 e. The number of rotatable bonds is 12. The SMILES string of the molecule is CO[C@@H]1OC(CO)[C@@H](O)[C@H](N=[N+]=[N-])C1OCc1ccccc1.CO[C@H]1OC(CO)[C@@H](O)[C@H](N=[N+]=[N-])C1OCc1ccccc1. The van der Waals surface area contributed by atoms with Crippen LogP contribution in [0.3, 0.4) is 0 Å². The van der Waals surface area contributed by atoms with Crippen LogP contribution in [0.15, 0.2) is 70.9 Å². The summed E-state index contributed by atoms with van der Waals surface area (Å²) in [7, 11) is 2.84. The predicted octanol–water partition coefficient (Wildman–Crippen LogP) is 1.95. The summed E-state index contributed by atoms with van der Waals surface area (Å²) in [6.07, 6.45) is -7.38. The molecular weight excluding hydrogens is 580 g/mol. The highest BCUT2D eigenvalue weighted by Gasteiger charge is 2.46. The van der Waals surface area contributed by atoms with Gasteiger partial charge in [0.25, 0.3) is 0 Å². The second-order valence-electron chi connectivity index (χ2n) is 9.82. The van der Waals surface area contributed by atoms with E-state index < -0.39 is 74.5 Å². The van der Waals surface area contributed by atoms with Gasteiger partial charge < -0.3 is 48.8 Å². The molecule has 2 aliphatic heterocycles. The van der Waals surface area contributed by atoms with Crippen LogP contribution in [0.2, 0.25) is 0 Å². The molecule has 4 unspecified atom stereocenters. The Labute approximate surface area is 253 Å². The third kappa shape index (κ3) is 9.33. The van der Waals surface area contributed by atoms with E-state index >= 15 is 0 Å². The van der Waals surface area contributed by atoms with E-state index in [1.54, 1.807) is 0 Å². The fourth-order valence-electron chi connectivity index (χ4n) is 4.77. The summed E-state index contributed by atoms with van der Waals surface area (Å²) in [6, 6.07) is 17.0. The van der Waals surface area contributed by atoms with Crippen molar-refractivity contribution in [3.8, 4) is 0 Å². The molecule has 10 atom stereocenters. The standard InChI is InChI=1S/2C14H19N3O5/c2*1-20-14-13(21-8-9-5-3-2-4-6-9)11(16-17-15)12(19)10(7-18)22-14/h2*2-6,10-14,18-19H,7-8H2,1H3/t10?,11-,12+,13?,14+;10?,11-,12+,13?,14-/m00/s1. The smallest absolute Gasteiger partial charge is 0.184 e. The summed E-state index contributed by atoms with van der Waals surface area (Å²) >= 11 is 0. The van der Waals surface area contributed by atoms with Gasteiger partial charge in [-0.2, -0.15) is 0 Å². The average molecular weight is 619 g/mol. The van der Waals surface area contributed by atoms with Crippen LogP contribution in [0.25, 0.3) is 20.9 Å². The molecule has 16 nitrogen and oxygen atoms in total. The molecular formula is C28H38N6O10. The first-order valence-corrected chi connectivity index (χ1v) is 13.8. The lowest BCUT2D eigenvalue weighted by atomic mass is 9.97. The average Bonchev–Trinajstić information content (AvgIpc) is 3.06. The lowest BCUT2D eigenvalue weighted by molar-refractivity contribution is -0.279. The number of aliphatic hydroxyl groups is 4. The van der Waals surface area contributed by atoms with Crippen molar-refractivity contribution < 1.29 is 48.8 Å². The van der Waals surface area contributed by atoms with E-state index in [0.717, 1.165) is 11.1 Å². The Balaban J connectivity index is 0.000000240. The van der Waals surface area contributed by atoms with Gasteiger partial charge >= 0.3 is 0 Å². The van der Waals surface area contributed by atoms with Crippen molar-refractivity contribution in [1.29, 1.82) is 0 Å². The molecule has 2 saturated heterocycles. The minimum atomic E-state index is -1.17. The highest BCUT2D eigenvalue weighted by molar-refractivity contribution is 5.14. The molecule has 0 saturated carbocycles. The Morgan fingerprint density at radius 2 is 1.05 bits per heavy atom. The van der Waals surface area contributed by atoms with Crippen molar-refractivity contribution in [3.63, 3.8) is 0 Å². The number of nitrogens with zero attached hydrogens (tertiary/aromatic N) is 6. The quantitative estimate of drug-likeness (QED) is 0.153. The van der Waals surface area contributed by atoms with E-state index in [1.807, 2.05) is 60.7 Å². The zero-order valence-corrected chi connectivity index (χ0v) is 24.3. The Kier molecular flexibility index (Phi) is 14.7. The fraction of sp³-hybridized carbons (Fsp3) is 0.571. The van der Waals surface area contributed by atoms with Crippen molar-refractivity contribution in [3.05, 3.63) is 92.7 Å². The first-order chi connectivity index (χ1) is 21.4. The third-order valence-electron chi connectivity index (χ3n) is 7.05. The second kappa shape index (κ2) is 18.5. The zero-order chi connectivity index (χ0) is 31.9. The summed E-state index contributed by atoms with van der Waals surface area (Å²) < 4.78 is 32.8. The molecule has 0 bridgehead atoms. The monoisotopic (exact) mass is 618 g/mol. The minimum absolute atomic E-state index is 0.253. The molecule has 0 aromatic heterocycles. The summed E-state index contributed by atoms with van der Waals surface area (Å²) in [5, 5.41) is 46.0. The van der Waals surface area contributed by atoms with Crippen LogP contribution in [-0.2, 0) is 41.6 Å². The number of ether oxygens (including phenoxy) is 6. The van der Waals surface area contributed by atoms with Crippen LogP contribution in [0, 0.1) is 0 Å². The first kappa shape index (κ1) is 35.1. The molecule has 0 aliphatic carbocycles. The van der Waals surface area contributed by atoms with Gasteiger partial charge in [-0.3, -0.25) is 0 Å². The van der Waals surface area contributed by atoms with Gasteiger partial charge in [0, 0.05) is 24.0 Å². The van der Waals surface area contributed by atoms with Gasteiger partial charge in [0.2, 0.25) is 0 Å². The van der Waals surface area contributed by atoms with Gasteiger partial charge in [-0.25, -0.2) is 0 Å². The number of azide groups is 2. The lowest BCUT2D eigenvalue weighted by Gasteiger charge is -2.41. The highest BCUT2D eigenvalue weighted by Crippen LogP contribution is 2.28. The van der Waals surface area contributed by atoms with E-state index in [-0.39, 0.29) is 13.2 Å². The van der Waals surface area contributed by atoms with Gasteiger partial charge in [0.15, 0.2) is 12.6 Å². The summed E-state index contributed by atoms with van der Waals surface area (Å²) in [6.45, 7) is -0.320.